The first-order valence-corrected chi connectivity index (χ1v) is 6.51. The molecule has 7 nitrogen and oxygen atoms in total. The fraction of sp³-hybridized carbons (Fsp3) is 0.400. The maximum Gasteiger partial charge on any atom is 0.322 e. The number of nitrogens with zero attached hydrogens (tertiary/aromatic N) is 1. The summed E-state index contributed by atoms with van der Waals surface area (Å²) >= 11 is 0. The maximum absolute atomic E-state index is 11.8. The number of carbonyl (C=O) groups is 1. The molecule has 0 amide bonds. The first-order valence-electron chi connectivity index (χ1n) is 5.03. The van der Waals surface area contributed by atoms with Crippen LogP contribution in [0.4, 0.5) is 0 Å². The summed E-state index contributed by atoms with van der Waals surface area (Å²) < 4.78 is 30.4. The summed E-state index contributed by atoms with van der Waals surface area (Å²) in [5, 5.41) is 16.9. The largest absolute Gasteiger partial charge is 0.480 e. The van der Waals surface area contributed by atoms with E-state index in [-0.39, 0.29) is 5.76 Å². The molecule has 0 fully saturated rings. The molecule has 1 aromatic rings. The highest BCUT2D eigenvalue weighted by atomic mass is 32.2. The predicted molar refractivity (Wildman–Crippen MR) is 60.0 cm³/mol. The van der Waals surface area contributed by atoms with Gasteiger partial charge in [0.25, 0.3) is 10.0 Å². The summed E-state index contributed by atoms with van der Waals surface area (Å²) in [5.41, 5.74) is 0. The van der Waals surface area contributed by atoms with Crippen molar-refractivity contribution in [3.05, 3.63) is 17.9 Å². The number of rotatable bonds is 5. The van der Waals surface area contributed by atoms with E-state index in [1.807, 2.05) is 4.72 Å². The van der Waals surface area contributed by atoms with Crippen molar-refractivity contribution in [3.8, 4) is 6.07 Å². The van der Waals surface area contributed by atoms with Gasteiger partial charge in [0.05, 0.1) is 0 Å². The van der Waals surface area contributed by atoms with Crippen LogP contribution in [0.25, 0.3) is 0 Å². The van der Waals surface area contributed by atoms with Crippen LogP contribution in [0.15, 0.2) is 21.6 Å². The third-order valence-corrected chi connectivity index (χ3v) is 3.48. The standard InChI is InChI=1S/C10H12N2O5S/c1-6(2)9(10(13)14)12-18(15,16)8-4-3-7(5-11)17-8/h3-4,6,9,12H,1-2H3,(H,13,14)/t9-/m0/s1. The Hall–Kier alpha value is -1.85. The molecule has 1 rings (SSSR count). The molecule has 2 N–H and O–H groups in total. The van der Waals surface area contributed by atoms with Gasteiger partial charge in [-0.05, 0) is 18.1 Å². The Morgan fingerprint density at radius 3 is 2.50 bits per heavy atom. The number of carboxylic acid groups (broad SMARTS) is 1. The summed E-state index contributed by atoms with van der Waals surface area (Å²) in [6.45, 7) is 3.15. The molecule has 98 valence electrons. The molecule has 18 heavy (non-hydrogen) atoms. The average Bonchev–Trinajstić information content (AvgIpc) is 2.74. The molecule has 0 aliphatic carbocycles. The SMILES string of the molecule is CC(C)[C@H](NS(=O)(=O)c1ccc(C#N)o1)C(=O)O. The topological polar surface area (TPSA) is 120 Å². The lowest BCUT2D eigenvalue weighted by Gasteiger charge is -2.16. The highest BCUT2D eigenvalue weighted by Crippen LogP contribution is 2.15. The molecule has 0 spiro atoms. The van der Waals surface area contributed by atoms with E-state index in [1.165, 1.54) is 6.07 Å². The molecule has 1 atom stereocenters. The number of aliphatic carboxylic acids is 1. The van der Waals surface area contributed by atoms with Crippen LogP contribution in [0.5, 0.6) is 0 Å². The van der Waals surface area contributed by atoms with Gasteiger partial charge in [-0.1, -0.05) is 13.8 Å². The predicted octanol–water partition coefficient (Wildman–Crippen LogP) is 0.539. The lowest BCUT2D eigenvalue weighted by atomic mass is 10.1. The van der Waals surface area contributed by atoms with Crippen LogP contribution in [-0.2, 0) is 14.8 Å². The van der Waals surface area contributed by atoms with Crippen molar-refractivity contribution in [2.75, 3.05) is 0 Å². The Balaban J connectivity index is 3.01. The third-order valence-electron chi connectivity index (χ3n) is 2.17. The van der Waals surface area contributed by atoms with Crippen molar-refractivity contribution in [2.45, 2.75) is 25.0 Å². The van der Waals surface area contributed by atoms with Gasteiger partial charge in [0, 0.05) is 0 Å². The van der Waals surface area contributed by atoms with E-state index in [4.69, 9.17) is 14.8 Å². The van der Waals surface area contributed by atoms with Crippen molar-refractivity contribution in [3.63, 3.8) is 0 Å². The Morgan fingerprint density at radius 1 is 1.50 bits per heavy atom. The normalized spacial score (nSPS) is 13.2. The number of carboxylic acids is 1. The van der Waals surface area contributed by atoms with Crippen LogP contribution >= 0.6 is 0 Å². The van der Waals surface area contributed by atoms with Crippen molar-refractivity contribution >= 4 is 16.0 Å². The average molecular weight is 272 g/mol. The second-order valence-electron chi connectivity index (χ2n) is 3.91. The van der Waals surface area contributed by atoms with E-state index >= 15 is 0 Å². The van der Waals surface area contributed by atoms with Gasteiger partial charge >= 0.3 is 5.97 Å². The number of hydrogen-bond acceptors (Lipinski definition) is 5. The number of nitriles is 1. The summed E-state index contributed by atoms with van der Waals surface area (Å²) in [7, 11) is -4.09. The Labute approximate surface area is 104 Å². The number of furan rings is 1. The molecular weight excluding hydrogens is 260 g/mol. The zero-order valence-electron chi connectivity index (χ0n) is 9.75. The second kappa shape index (κ2) is 5.20. The molecular formula is C10H12N2O5S. The molecule has 1 aromatic heterocycles. The van der Waals surface area contributed by atoms with Gasteiger partial charge in [0.15, 0.2) is 0 Å². The third kappa shape index (κ3) is 3.09. The summed E-state index contributed by atoms with van der Waals surface area (Å²) in [5.74, 6) is -1.87. The van der Waals surface area contributed by atoms with Crippen molar-refractivity contribution in [1.82, 2.24) is 4.72 Å². The zero-order chi connectivity index (χ0) is 13.9. The smallest absolute Gasteiger partial charge is 0.322 e. The maximum atomic E-state index is 11.8. The molecule has 0 saturated heterocycles. The van der Waals surface area contributed by atoms with Crippen molar-refractivity contribution < 1.29 is 22.7 Å². The van der Waals surface area contributed by atoms with Crippen molar-refractivity contribution in [2.24, 2.45) is 5.92 Å². The Bertz CT molecular complexity index is 582. The molecule has 0 aliphatic heterocycles. The fourth-order valence-corrected chi connectivity index (χ4v) is 2.49. The lowest BCUT2D eigenvalue weighted by molar-refractivity contribution is -0.140. The first kappa shape index (κ1) is 14.2. The molecule has 0 bridgehead atoms. The highest BCUT2D eigenvalue weighted by Gasteiger charge is 2.29. The fourth-order valence-electron chi connectivity index (χ4n) is 1.22. The van der Waals surface area contributed by atoms with Crippen LogP contribution < -0.4 is 4.72 Å². The highest BCUT2D eigenvalue weighted by molar-refractivity contribution is 7.89. The number of sulfonamides is 1. The first-order chi connectivity index (χ1) is 8.27. The summed E-state index contributed by atoms with van der Waals surface area (Å²) in [4.78, 5) is 10.9. The quantitative estimate of drug-likeness (QED) is 0.807. The second-order valence-corrected chi connectivity index (χ2v) is 5.56. The van der Waals surface area contributed by atoms with Gasteiger partial charge in [0.2, 0.25) is 10.9 Å². The van der Waals surface area contributed by atoms with Gasteiger partial charge in [-0.3, -0.25) is 4.79 Å². The molecule has 0 aromatic carbocycles. The van der Waals surface area contributed by atoms with E-state index in [2.05, 4.69) is 0 Å². The van der Waals surface area contributed by atoms with Crippen molar-refractivity contribution in [1.29, 1.82) is 5.26 Å². The number of nitrogens with one attached hydrogen (secondary N) is 1. The van der Waals surface area contributed by atoms with E-state index in [0.717, 1.165) is 6.07 Å². The minimum absolute atomic E-state index is 0.160. The van der Waals surface area contributed by atoms with Gasteiger partial charge in [-0.2, -0.15) is 9.98 Å². The van der Waals surface area contributed by atoms with E-state index < -0.39 is 33.0 Å². The molecule has 0 radical (unpaired) electrons. The van der Waals surface area contributed by atoms with Gasteiger partial charge < -0.3 is 9.52 Å². The van der Waals surface area contributed by atoms with E-state index in [0.29, 0.717) is 0 Å². The van der Waals surface area contributed by atoms with Crippen LogP contribution in [0.1, 0.15) is 19.6 Å². The molecule has 0 unspecified atom stereocenters. The van der Waals surface area contributed by atoms with E-state index in [1.54, 1.807) is 19.9 Å². The zero-order valence-corrected chi connectivity index (χ0v) is 10.6. The molecule has 8 heteroatoms. The van der Waals surface area contributed by atoms with Gasteiger partial charge in [-0.25, -0.2) is 8.42 Å². The summed E-state index contributed by atoms with van der Waals surface area (Å²) in [6, 6.07) is 2.68. The molecule has 0 aliphatic rings. The van der Waals surface area contributed by atoms with E-state index in [9.17, 15) is 13.2 Å². The summed E-state index contributed by atoms with van der Waals surface area (Å²) in [6.07, 6.45) is 0. The number of hydrogen-bond donors (Lipinski definition) is 2. The van der Waals surface area contributed by atoms with Crippen LogP contribution in [-0.4, -0.2) is 25.5 Å². The van der Waals surface area contributed by atoms with Crippen LogP contribution in [0, 0.1) is 17.2 Å². The monoisotopic (exact) mass is 272 g/mol. The van der Waals surface area contributed by atoms with Gasteiger partial charge in [-0.15, -0.1) is 0 Å². The lowest BCUT2D eigenvalue weighted by Crippen LogP contribution is -2.44. The Kier molecular flexibility index (Phi) is 4.11. The molecule has 0 saturated carbocycles. The minimum Gasteiger partial charge on any atom is -0.480 e. The minimum atomic E-state index is -4.09. The Morgan fingerprint density at radius 2 is 2.11 bits per heavy atom. The van der Waals surface area contributed by atoms with Crippen LogP contribution in [0.2, 0.25) is 0 Å². The van der Waals surface area contributed by atoms with Gasteiger partial charge in [0.1, 0.15) is 12.1 Å². The molecule has 1 heterocycles. The van der Waals surface area contributed by atoms with Crippen LogP contribution in [0.3, 0.4) is 0 Å².